The van der Waals surface area contributed by atoms with Gasteiger partial charge in [0.1, 0.15) is 11.7 Å². The fraction of sp³-hybridized carbons (Fsp3) is 0.450. The van der Waals surface area contributed by atoms with Crippen molar-refractivity contribution in [3.05, 3.63) is 41.1 Å². The van der Waals surface area contributed by atoms with Crippen molar-refractivity contribution >= 4 is 17.5 Å². The molecule has 1 aliphatic carbocycles. The van der Waals surface area contributed by atoms with Gasteiger partial charge in [0, 0.05) is 29.3 Å². The van der Waals surface area contributed by atoms with Gasteiger partial charge in [-0.2, -0.15) is 0 Å². The lowest BCUT2D eigenvalue weighted by molar-refractivity contribution is -0.143. The van der Waals surface area contributed by atoms with Crippen molar-refractivity contribution < 1.29 is 19.1 Å². The number of methoxy groups -OCH3 is 1. The van der Waals surface area contributed by atoms with Crippen LogP contribution < -0.4 is 4.74 Å². The highest BCUT2D eigenvalue weighted by Crippen LogP contribution is 2.44. The first-order valence-corrected chi connectivity index (χ1v) is 8.68. The standard InChI is InChI=1S/C20H23NO4/c1-4-25-14-8-5-7-13(11-14)18-17(20(23)24-3)12(2)21-15-9-6-10-16(22)19(15)18/h5,7-8,11,17-18H,4,6,9-10H2,1-3H3/t17-,18+/m1/s1. The predicted molar refractivity (Wildman–Crippen MR) is 94.9 cm³/mol. The molecule has 0 saturated carbocycles. The highest BCUT2D eigenvalue weighted by atomic mass is 16.5. The number of aliphatic imine (C=N–C) groups is 1. The van der Waals surface area contributed by atoms with E-state index in [4.69, 9.17) is 9.47 Å². The first kappa shape index (κ1) is 17.4. The van der Waals surface area contributed by atoms with Crippen molar-refractivity contribution in [2.45, 2.75) is 39.0 Å². The molecule has 5 heteroatoms. The third-order valence-corrected chi connectivity index (χ3v) is 4.82. The molecule has 5 nitrogen and oxygen atoms in total. The number of ether oxygens (including phenoxy) is 2. The Morgan fingerprint density at radius 2 is 2.12 bits per heavy atom. The zero-order valence-corrected chi connectivity index (χ0v) is 14.9. The Kier molecular flexibility index (Phi) is 5.02. The minimum atomic E-state index is -0.581. The van der Waals surface area contributed by atoms with Crippen LogP contribution in [0.3, 0.4) is 0 Å². The smallest absolute Gasteiger partial charge is 0.315 e. The summed E-state index contributed by atoms with van der Waals surface area (Å²) in [6, 6.07) is 7.62. The number of hydrogen-bond acceptors (Lipinski definition) is 5. The second kappa shape index (κ2) is 7.21. The van der Waals surface area contributed by atoms with Crippen molar-refractivity contribution in [2.24, 2.45) is 10.9 Å². The predicted octanol–water partition coefficient (Wildman–Crippen LogP) is 3.44. The molecule has 0 unspecified atom stereocenters. The quantitative estimate of drug-likeness (QED) is 0.787. The average molecular weight is 341 g/mol. The van der Waals surface area contributed by atoms with Gasteiger partial charge in [-0.25, -0.2) is 0 Å². The van der Waals surface area contributed by atoms with Gasteiger partial charge >= 0.3 is 5.97 Å². The SMILES string of the molecule is CCOc1cccc([C@@H]2C3=C(CCCC3=O)N=C(C)[C@H]2C(=O)OC)c1. The molecule has 2 aliphatic rings. The lowest BCUT2D eigenvalue weighted by atomic mass is 9.72. The van der Waals surface area contributed by atoms with Crippen molar-refractivity contribution in [2.75, 3.05) is 13.7 Å². The van der Waals surface area contributed by atoms with E-state index in [0.29, 0.717) is 24.3 Å². The molecule has 0 aromatic heterocycles. The molecule has 25 heavy (non-hydrogen) atoms. The van der Waals surface area contributed by atoms with Crippen LogP contribution in [0.1, 0.15) is 44.6 Å². The summed E-state index contributed by atoms with van der Waals surface area (Å²) in [5.74, 6) is -0.499. The van der Waals surface area contributed by atoms with Crippen LogP contribution in [0.25, 0.3) is 0 Å². The van der Waals surface area contributed by atoms with Gasteiger partial charge in [-0.3, -0.25) is 14.6 Å². The molecule has 0 radical (unpaired) electrons. The van der Waals surface area contributed by atoms with Crippen molar-refractivity contribution in [1.82, 2.24) is 0 Å². The summed E-state index contributed by atoms with van der Waals surface area (Å²) < 4.78 is 10.6. The summed E-state index contributed by atoms with van der Waals surface area (Å²) in [4.78, 5) is 29.7. The maximum Gasteiger partial charge on any atom is 0.315 e. The van der Waals surface area contributed by atoms with Crippen LogP contribution in [-0.2, 0) is 14.3 Å². The second-order valence-electron chi connectivity index (χ2n) is 6.37. The molecule has 0 bridgehead atoms. The number of allylic oxidation sites excluding steroid dienone is 2. The van der Waals surface area contributed by atoms with E-state index in [2.05, 4.69) is 4.99 Å². The first-order valence-electron chi connectivity index (χ1n) is 8.68. The molecule has 0 N–H and O–H groups in total. The monoisotopic (exact) mass is 341 g/mol. The average Bonchev–Trinajstić information content (AvgIpc) is 2.60. The van der Waals surface area contributed by atoms with Gasteiger partial charge in [-0.1, -0.05) is 12.1 Å². The minimum Gasteiger partial charge on any atom is -0.494 e. The molecule has 1 heterocycles. The summed E-state index contributed by atoms with van der Waals surface area (Å²) in [5.41, 5.74) is 3.08. The highest BCUT2D eigenvalue weighted by Gasteiger charge is 2.42. The molecule has 2 atom stereocenters. The third-order valence-electron chi connectivity index (χ3n) is 4.82. The second-order valence-corrected chi connectivity index (χ2v) is 6.37. The summed E-state index contributed by atoms with van der Waals surface area (Å²) >= 11 is 0. The lowest BCUT2D eigenvalue weighted by Crippen LogP contribution is -2.36. The van der Waals surface area contributed by atoms with E-state index in [0.717, 1.165) is 29.9 Å². The fourth-order valence-electron chi connectivity index (χ4n) is 3.76. The number of Topliss-reactive ketones (excluding diaryl/α,β-unsaturated/α-hetero) is 1. The molecule has 0 fully saturated rings. The highest BCUT2D eigenvalue weighted by molar-refractivity contribution is 6.08. The Morgan fingerprint density at radius 1 is 1.32 bits per heavy atom. The van der Waals surface area contributed by atoms with Gasteiger partial charge in [-0.15, -0.1) is 0 Å². The van der Waals surface area contributed by atoms with Crippen LogP contribution in [0.2, 0.25) is 0 Å². The number of benzene rings is 1. The Morgan fingerprint density at radius 3 is 2.84 bits per heavy atom. The van der Waals surface area contributed by atoms with Gasteiger partial charge in [0.05, 0.1) is 13.7 Å². The Balaban J connectivity index is 2.14. The molecule has 1 aromatic carbocycles. The van der Waals surface area contributed by atoms with E-state index >= 15 is 0 Å². The molecule has 0 saturated heterocycles. The number of carbonyl (C=O) groups excluding carboxylic acids is 2. The van der Waals surface area contributed by atoms with E-state index in [9.17, 15) is 9.59 Å². The summed E-state index contributed by atoms with van der Waals surface area (Å²) in [6.45, 7) is 4.32. The third kappa shape index (κ3) is 3.23. The number of rotatable bonds is 4. The minimum absolute atomic E-state index is 0.0817. The number of nitrogens with zero attached hydrogens (tertiary/aromatic N) is 1. The van der Waals surface area contributed by atoms with Gasteiger partial charge < -0.3 is 9.47 Å². The summed E-state index contributed by atoms with van der Waals surface area (Å²) in [5, 5.41) is 0. The molecule has 3 rings (SSSR count). The van der Waals surface area contributed by atoms with Crippen LogP contribution in [0.5, 0.6) is 5.75 Å². The van der Waals surface area contributed by atoms with E-state index < -0.39 is 5.92 Å². The van der Waals surface area contributed by atoms with Crippen LogP contribution in [0.15, 0.2) is 40.5 Å². The molecule has 0 spiro atoms. The van der Waals surface area contributed by atoms with Crippen molar-refractivity contribution in [3.63, 3.8) is 0 Å². The molecular formula is C20H23NO4. The Hall–Kier alpha value is -2.43. The Labute approximate surface area is 147 Å². The number of carbonyl (C=O) groups is 2. The molecule has 1 aliphatic heterocycles. The molecular weight excluding hydrogens is 318 g/mol. The molecule has 1 aromatic rings. The van der Waals surface area contributed by atoms with E-state index in [-0.39, 0.29) is 17.7 Å². The summed E-state index contributed by atoms with van der Waals surface area (Å²) in [7, 11) is 1.37. The Bertz CT molecular complexity index is 763. The molecule has 132 valence electrons. The zero-order valence-electron chi connectivity index (χ0n) is 14.9. The fourth-order valence-corrected chi connectivity index (χ4v) is 3.76. The van der Waals surface area contributed by atoms with Crippen LogP contribution in [-0.4, -0.2) is 31.2 Å². The van der Waals surface area contributed by atoms with Gasteiger partial charge in [0.25, 0.3) is 0 Å². The summed E-state index contributed by atoms with van der Waals surface area (Å²) in [6.07, 6.45) is 2.08. The zero-order chi connectivity index (χ0) is 18.0. The number of hydrogen-bond donors (Lipinski definition) is 0. The molecule has 0 amide bonds. The first-order chi connectivity index (χ1) is 12.1. The lowest BCUT2D eigenvalue weighted by Gasteiger charge is -2.34. The van der Waals surface area contributed by atoms with Crippen molar-refractivity contribution in [3.8, 4) is 5.75 Å². The maximum atomic E-state index is 12.7. The van der Waals surface area contributed by atoms with Gasteiger partial charge in [0.2, 0.25) is 0 Å². The van der Waals surface area contributed by atoms with Crippen LogP contribution >= 0.6 is 0 Å². The van der Waals surface area contributed by atoms with Gasteiger partial charge in [-0.05, 0) is 44.4 Å². The normalized spacial score (nSPS) is 23.0. The van der Waals surface area contributed by atoms with E-state index in [1.807, 2.05) is 38.1 Å². The number of ketones is 1. The maximum absolute atomic E-state index is 12.7. The van der Waals surface area contributed by atoms with E-state index in [1.54, 1.807) is 0 Å². The topological polar surface area (TPSA) is 65.0 Å². The van der Waals surface area contributed by atoms with Gasteiger partial charge in [0.15, 0.2) is 5.78 Å². The largest absolute Gasteiger partial charge is 0.494 e. The number of esters is 1. The van der Waals surface area contributed by atoms with Crippen LogP contribution in [0.4, 0.5) is 0 Å². The van der Waals surface area contributed by atoms with Crippen molar-refractivity contribution in [1.29, 1.82) is 0 Å². The van der Waals surface area contributed by atoms with Crippen LogP contribution in [0, 0.1) is 5.92 Å². The van der Waals surface area contributed by atoms with E-state index in [1.165, 1.54) is 7.11 Å².